The average molecular weight is 512 g/mol. The SMILES string of the molecule is CCOc1cc(/C=C2/NC(=S)NC2=O)c(Br)cc1OCc1ccc(Br)cc1. The smallest absolute Gasteiger partial charge is 0.273 e. The van der Waals surface area contributed by atoms with Crippen LogP contribution in [0.3, 0.4) is 0 Å². The molecule has 1 saturated heterocycles. The third-order valence-electron chi connectivity index (χ3n) is 3.69. The van der Waals surface area contributed by atoms with Crippen LogP contribution in [0.4, 0.5) is 0 Å². The Balaban J connectivity index is 1.85. The maximum Gasteiger partial charge on any atom is 0.273 e. The van der Waals surface area contributed by atoms with Gasteiger partial charge in [-0.1, -0.05) is 44.0 Å². The third-order valence-corrected chi connectivity index (χ3v) is 5.11. The highest BCUT2D eigenvalue weighted by molar-refractivity contribution is 9.10. The molecule has 27 heavy (non-hydrogen) atoms. The summed E-state index contributed by atoms with van der Waals surface area (Å²) in [7, 11) is 0. The minimum Gasteiger partial charge on any atom is -0.490 e. The van der Waals surface area contributed by atoms with E-state index in [1.54, 1.807) is 6.08 Å². The Labute approximate surface area is 179 Å². The first-order valence-corrected chi connectivity index (χ1v) is 10.1. The molecule has 0 atom stereocenters. The lowest BCUT2D eigenvalue weighted by Crippen LogP contribution is -2.21. The van der Waals surface area contributed by atoms with Gasteiger partial charge in [0.15, 0.2) is 16.6 Å². The summed E-state index contributed by atoms with van der Waals surface area (Å²) in [6.45, 7) is 2.82. The number of amides is 1. The van der Waals surface area contributed by atoms with Crippen LogP contribution in [0.5, 0.6) is 11.5 Å². The molecule has 5 nitrogen and oxygen atoms in total. The van der Waals surface area contributed by atoms with Crippen LogP contribution in [-0.4, -0.2) is 17.6 Å². The van der Waals surface area contributed by atoms with Gasteiger partial charge < -0.3 is 14.8 Å². The van der Waals surface area contributed by atoms with E-state index in [9.17, 15) is 4.79 Å². The average Bonchev–Trinajstić information content (AvgIpc) is 2.95. The monoisotopic (exact) mass is 510 g/mol. The second-order valence-electron chi connectivity index (χ2n) is 5.63. The summed E-state index contributed by atoms with van der Waals surface area (Å²) >= 11 is 11.9. The van der Waals surface area contributed by atoms with Gasteiger partial charge in [0.2, 0.25) is 0 Å². The van der Waals surface area contributed by atoms with Gasteiger partial charge in [0.25, 0.3) is 5.91 Å². The van der Waals surface area contributed by atoms with Crippen LogP contribution in [0.2, 0.25) is 0 Å². The first kappa shape index (κ1) is 19.9. The number of rotatable bonds is 6. The zero-order chi connectivity index (χ0) is 19.4. The quantitative estimate of drug-likeness (QED) is 0.440. The zero-order valence-corrected chi connectivity index (χ0v) is 18.3. The maximum atomic E-state index is 11.9. The number of carbonyl (C=O) groups excluding carboxylic acids is 1. The standard InChI is InChI=1S/C19H16Br2N2O3S/c1-2-25-16-8-12(7-15-18(24)23-19(27)22-15)14(21)9-17(16)26-10-11-3-5-13(20)6-4-11/h3-9H,2,10H2,1H3,(H2,22,23,24,27)/b15-7+. The molecule has 2 aromatic rings. The van der Waals surface area contributed by atoms with Crippen LogP contribution in [0.25, 0.3) is 6.08 Å². The van der Waals surface area contributed by atoms with Crippen LogP contribution in [-0.2, 0) is 11.4 Å². The van der Waals surface area contributed by atoms with Crippen molar-refractivity contribution in [1.29, 1.82) is 0 Å². The number of ether oxygens (including phenoxy) is 2. The first-order valence-electron chi connectivity index (χ1n) is 8.14. The van der Waals surface area contributed by atoms with Crippen molar-refractivity contribution in [3.05, 3.63) is 62.2 Å². The number of thiocarbonyl (C=S) groups is 1. The summed E-state index contributed by atoms with van der Waals surface area (Å²) in [5.41, 5.74) is 2.20. The molecule has 0 aromatic heterocycles. The van der Waals surface area contributed by atoms with Crippen molar-refractivity contribution in [1.82, 2.24) is 10.6 Å². The van der Waals surface area contributed by atoms with Gasteiger partial charge in [-0.3, -0.25) is 10.1 Å². The number of carbonyl (C=O) groups is 1. The van der Waals surface area contributed by atoms with E-state index in [2.05, 4.69) is 42.5 Å². The first-order chi connectivity index (χ1) is 13.0. The number of benzene rings is 2. The van der Waals surface area contributed by atoms with Crippen LogP contribution < -0.4 is 20.1 Å². The normalized spacial score (nSPS) is 14.9. The van der Waals surface area contributed by atoms with Crippen LogP contribution in [0.15, 0.2) is 51.0 Å². The summed E-state index contributed by atoms with van der Waals surface area (Å²) < 4.78 is 13.5. The minimum absolute atomic E-state index is 0.263. The van der Waals surface area contributed by atoms with Gasteiger partial charge in [-0.15, -0.1) is 0 Å². The van der Waals surface area contributed by atoms with Gasteiger partial charge in [-0.25, -0.2) is 0 Å². The molecular weight excluding hydrogens is 496 g/mol. The summed E-state index contributed by atoms with van der Waals surface area (Å²) in [6.07, 6.45) is 1.71. The lowest BCUT2D eigenvalue weighted by molar-refractivity contribution is -0.115. The van der Waals surface area contributed by atoms with Crippen molar-refractivity contribution in [2.75, 3.05) is 6.61 Å². The lowest BCUT2D eigenvalue weighted by atomic mass is 10.1. The van der Waals surface area contributed by atoms with E-state index < -0.39 is 0 Å². The molecule has 8 heteroatoms. The van der Waals surface area contributed by atoms with Gasteiger partial charge in [0.05, 0.1) is 6.61 Å². The summed E-state index contributed by atoms with van der Waals surface area (Å²) in [5, 5.41) is 5.66. The van der Waals surface area contributed by atoms with Crippen molar-refractivity contribution < 1.29 is 14.3 Å². The molecule has 1 fully saturated rings. The molecular formula is C19H16Br2N2O3S. The van der Waals surface area contributed by atoms with E-state index in [0.29, 0.717) is 35.5 Å². The molecule has 0 radical (unpaired) electrons. The largest absolute Gasteiger partial charge is 0.490 e. The summed E-state index contributed by atoms with van der Waals surface area (Å²) in [6, 6.07) is 11.6. The van der Waals surface area contributed by atoms with Gasteiger partial charge in [0, 0.05) is 8.95 Å². The van der Waals surface area contributed by atoms with Crippen molar-refractivity contribution >= 4 is 61.2 Å². The molecule has 2 aromatic carbocycles. The molecule has 0 aliphatic carbocycles. The number of hydrogen-bond acceptors (Lipinski definition) is 4. The minimum atomic E-state index is -0.263. The molecule has 1 heterocycles. The molecule has 1 aliphatic heterocycles. The van der Waals surface area contributed by atoms with Gasteiger partial charge in [-0.05, 0) is 60.6 Å². The Morgan fingerprint density at radius 1 is 1.07 bits per heavy atom. The Kier molecular flexibility index (Phi) is 6.51. The van der Waals surface area contributed by atoms with Crippen LogP contribution in [0, 0.1) is 0 Å². The number of hydrogen-bond donors (Lipinski definition) is 2. The molecule has 0 bridgehead atoms. The highest BCUT2D eigenvalue weighted by atomic mass is 79.9. The highest BCUT2D eigenvalue weighted by Crippen LogP contribution is 2.35. The Bertz CT molecular complexity index is 914. The fourth-order valence-corrected chi connectivity index (χ4v) is 3.33. The molecule has 3 rings (SSSR count). The highest BCUT2D eigenvalue weighted by Gasteiger charge is 2.21. The Morgan fingerprint density at radius 2 is 1.78 bits per heavy atom. The fraction of sp³-hybridized carbons (Fsp3) is 0.158. The molecule has 0 saturated carbocycles. The van der Waals surface area contributed by atoms with Crippen molar-refractivity contribution in [3.63, 3.8) is 0 Å². The lowest BCUT2D eigenvalue weighted by Gasteiger charge is -2.14. The van der Waals surface area contributed by atoms with Crippen LogP contribution >= 0.6 is 44.1 Å². The molecule has 2 N–H and O–H groups in total. The summed E-state index contributed by atoms with van der Waals surface area (Å²) in [4.78, 5) is 11.9. The summed E-state index contributed by atoms with van der Waals surface area (Å²) in [5.74, 6) is 0.958. The molecule has 140 valence electrons. The van der Waals surface area contributed by atoms with Crippen molar-refractivity contribution in [3.8, 4) is 11.5 Å². The van der Waals surface area contributed by atoms with E-state index in [4.69, 9.17) is 21.7 Å². The predicted molar refractivity (Wildman–Crippen MR) is 116 cm³/mol. The van der Waals surface area contributed by atoms with E-state index in [0.717, 1.165) is 20.1 Å². The molecule has 1 amide bonds. The van der Waals surface area contributed by atoms with E-state index in [-0.39, 0.29) is 5.91 Å². The van der Waals surface area contributed by atoms with Crippen LogP contribution in [0.1, 0.15) is 18.1 Å². The molecule has 0 spiro atoms. The molecule has 0 unspecified atom stereocenters. The number of nitrogens with one attached hydrogen (secondary N) is 2. The topological polar surface area (TPSA) is 59.6 Å². The third kappa shape index (κ3) is 5.09. The Morgan fingerprint density at radius 3 is 2.41 bits per heavy atom. The van der Waals surface area contributed by atoms with E-state index >= 15 is 0 Å². The van der Waals surface area contributed by atoms with Gasteiger partial charge in [-0.2, -0.15) is 0 Å². The fourth-order valence-electron chi connectivity index (χ4n) is 2.42. The predicted octanol–water partition coefficient (Wildman–Crippen LogP) is 4.53. The molecule has 1 aliphatic rings. The van der Waals surface area contributed by atoms with Crippen molar-refractivity contribution in [2.24, 2.45) is 0 Å². The number of halogens is 2. The van der Waals surface area contributed by atoms with Crippen molar-refractivity contribution in [2.45, 2.75) is 13.5 Å². The second-order valence-corrected chi connectivity index (χ2v) is 7.81. The zero-order valence-electron chi connectivity index (χ0n) is 14.3. The Hall–Kier alpha value is -1.90. The van der Waals surface area contributed by atoms with Gasteiger partial charge in [0.1, 0.15) is 12.3 Å². The van der Waals surface area contributed by atoms with E-state index in [1.807, 2.05) is 43.3 Å². The maximum absolute atomic E-state index is 11.9. The van der Waals surface area contributed by atoms with E-state index in [1.165, 1.54) is 0 Å². The van der Waals surface area contributed by atoms with Gasteiger partial charge >= 0.3 is 0 Å². The second kappa shape index (κ2) is 8.86.